The number of carbonyl (C=O) groups is 1. The molecular weight excluding hydrogens is 324 g/mol. The molecule has 0 saturated carbocycles. The van der Waals surface area contributed by atoms with E-state index in [1.54, 1.807) is 0 Å². The molecule has 1 aromatic heterocycles. The second-order valence-electron chi connectivity index (χ2n) is 4.35. The number of carboxylic acids is 1. The molecule has 23 heavy (non-hydrogen) atoms. The number of benzene rings is 1. The second kappa shape index (κ2) is 7.09. The molecule has 10 heteroatoms. The number of pyridine rings is 1. The number of phenolic OH excluding ortho intramolecular Hbond substituents is 1. The Morgan fingerprint density at radius 2 is 1.83 bits per heavy atom. The molecule has 0 radical (unpaired) electrons. The van der Waals surface area contributed by atoms with Crippen molar-refractivity contribution in [3.8, 4) is 5.75 Å². The van der Waals surface area contributed by atoms with Crippen molar-refractivity contribution in [2.24, 2.45) is 5.73 Å². The minimum atomic E-state index is -5.08. The average Bonchev–Trinajstić information content (AvgIpc) is 2.40. The Balaban J connectivity index is 0.000000322. The van der Waals surface area contributed by atoms with Gasteiger partial charge >= 0.3 is 12.1 Å². The number of hydrogen-bond donors (Lipinski definition) is 4. The molecule has 5 N–H and O–H groups in total. The van der Waals surface area contributed by atoms with Gasteiger partial charge in [0.1, 0.15) is 11.6 Å². The number of aromatic hydroxyl groups is 1. The molecule has 0 fully saturated rings. The first kappa shape index (κ1) is 18.4. The van der Waals surface area contributed by atoms with Crippen LogP contribution in [0.1, 0.15) is 5.56 Å². The third kappa shape index (κ3) is 4.95. The summed E-state index contributed by atoms with van der Waals surface area (Å²) in [6, 6.07) is 3.79. The fourth-order valence-corrected chi connectivity index (χ4v) is 1.64. The Morgan fingerprint density at radius 1 is 1.26 bits per heavy atom. The lowest BCUT2D eigenvalue weighted by Crippen LogP contribution is -2.21. The summed E-state index contributed by atoms with van der Waals surface area (Å²) in [5.74, 6) is -3.54. The van der Waals surface area contributed by atoms with Crippen molar-refractivity contribution in [1.29, 1.82) is 0 Å². The van der Waals surface area contributed by atoms with Crippen LogP contribution in [-0.2, 0) is 11.2 Å². The van der Waals surface area contributed by atoms with Gasteiger partial charge in [-0.1, -0.05) is 0 Å². The van der Waals surface area contributed by atoms with Crippen LogP contribution in [0.5, 0.6) is 5.75 Å². The number of aromatic amines is 1. The number of phenols is 1. The minimum Gasteiger partial charge on any atom is -0.508 e. The molecule has 2 rings (SSSR count). The van der Waals surface area contributed by atoms with Crippen LogP contribution in [0.3, 0.4) is 0 Å². The third-order valence-corrected chi connectivity index (χ3v) is 2.63. The Morgan fingerprint density at radius 3 is 2.30 bits per heavy atom. The van der Waals surface area contributed by atoms with Gasteiger partial charge in [0.2, 0.25) is 0 Å². The van der Waals surface area contributed by atoms with Crippen LogP contribution >= 0.6 is 0 Å². The van der Waals surface area contributed by atoms with Crippen molar-refractivity contribution in [2.45, 2.75) is 12.6 Å². The Bertz CT molecular complexity index is 771. The van der Waals surface area contributed by atoms with Crippen molar-refractivity contribution in [3.63, 3.8) is 0 Å². The maximum atomic E-state index is 13.5. The van der Waals surface area contributed by atoms with Crippen molar-refractivity contribution in [2.75, 3.05) is 6.54 Å². The van der Waals surface area contributed by atoms with Gasteiger partial charge in [-0.3, -0.25) is 4.79 Å². The predicted molar refractivity (Wildman–Crippen MR) is 72.6 cm³/mol. The van der Waals surface area contributed by atoms with E-state index in [2.05, 4.69) is 4.98 Å². The Kier molecular flexibility index (Phi) is 5.68. The summed E-state index contributed by atoms with van der Waals surface area (Å²) in [6.45, 7) is 0.328. The first-order chi connectivity index (χ1) is 10.6. The van der Waals surface area contributed by atoms with E-state index in [1.165, 1.54) is 12.1 Å². The van der Waals surface area contributed by atoms with Crippen LogP contribution in [-0.4, -0.2) is 33.9 Å². The molecule has 0 unspecified atom stereocenters. The summed E-state index contributed by atoms with van der Waals surface area (Å²) >= 11 is 0. The molecule has 1 aromatic carbocycles. The maximum Gasteiger partial charge on any atom is 0.490 e. The van der Waals surface area contributed by atoms with Crippen molar-refractivity contribution in [3.05, 3.63) is 39.9 Å². The number of halogens is 4. The fraction of sp³-hybridized carbons (Fsp3) is 0.231. The van der Waals surface area contributed by atoms with Crippen molar-refractivity contribution >= 4 is 16.9 Å². The van der Waals surface area contributed by atoms with Crippen LogP contribution in [0, 0.1) is 5.82 Å². The first-order valence-corrected chi connectivity index (χ1v) is 6.11. The summed E-state index contributed by atoms with van der Waals surface area (Å²) < 4.78 is 45.2. The lowest BCUT2D eigenvalue weighted by Gasteiger charge is -2.03. The van der Waals surface area contributed by atoms with Gasteiger partial charge < -0.3 is 20.9 Å². The number of carboxylic acid groups (broad SMARTS) is 1. The van der Waals surface area contributed by atoms with E-state index in [4.69, 9.17) is 15.6 Å². The highest BCUT2D eigenvalue weighted by Gasteiger charge is 2.38. The lowest BCUT2D eigenvalue weighted by molar-refractivity contribution is -0.192. The number of hydrogen-bond acceptors (Lipinski definition) is 4. The zero-order chi connectivity index (χ0) is 17.8. The second-order valence-corrected chi connectivity index (χ2v) is 4.35. The molecule has 0 saturated heterocycles. The molecule has 0 spiro atoms. The molecule has 0 aliphatic carbocycles. The number of rotatable bonds is 2. The van der Waals surface area contributed by atoms with Crippen LogP contribution in [0.4, 0.5) is 17.6 Å². The van der Waals surface area contributed by atoms with Crippen LogP contribution in [0.15, 0.2) is 23.0 Å². The zero-order valence-corrected chi connectivity index (χ0v) is 11.4. The molecule has 2 aromatic rings. The number of fused-ring (bicyclic) bond motifs is 1. The minimum absolute atomic E-state index is 0.216. The van der Waals surface area contributed by atoms with Gasteiger partial charge in [-0.25, -0.2) is 9.18 Å². The number of alkyl halides is 3. The highest BCUT2D eigenvalue weighted by atomic mass is 19.4. The predicted octanol–water partition coefficient (Wildman–Crippen LogP) is 1.51. The number of H-pyrrole nitrogens is 1. The molecule has 0 amide bonds. The summed E-state index contributed by atoms with van der Waals surface area (Å²) in [4.78, 5) is 22.9. The number of nitrogens with two attached hydrogens (primary N) is 1. The summed E-state index contributed by atoms with van der Waals surface area (Å²) in [6.07, 6.45) is -4.69. The molecule has 126 valence electrons. The van der Waals surface area contributed by atoms with Gasteiger partial charge in [0.15, 0.2) is 0 Å². The normalized spacial score (nSPS) is 11.0. The summed E-state index contributed by atoms with van der Waals surface area (Å²) in [5, 5.41) is 16.6. The van der Waals surface area contributed by atoms with E-state index in [1.807, 2.05) is 0 Å². The molecule has 1 heterocycles. The quantitative estimate of drug-likeness (QED) is 0.620. The maximum absolute atomic E-state index is 13.5. The van der Waals surface area contributed by atoms with Gasteiger partial charge in [0.05, 0.1) is 5.52 Å². The third-order valence-electron chi connectivity index (χ3n) is 2.63. The van der Waals surface area contributed by atoms with Gasteiger partial charge in [-0.2, -0.15) is 13.2 Å². The standard InChI is InChI=1S/C11H11FN2O2.C2HF3O2/c12-9-4-7(15)5-10-8(9)3-6(1-2-13)11(16)14-10;3-2(4,5)1(6)7/h3-5,15H,1-2,13H2,(H,14,16);(H,6,7). The lowest BCUT2D eigenvalue weighted by atomic mass is 10.1. The first-order valence-electron chi connectivity index (χ1n) is 6.11. The topological polar surface area (TPSA) is 116 Å². The highest BCUT2D eigenvalue weighted by Crippen LogP contribution is 2.21. The summed E-state index contributed by atoms with van der Waals surface area (Å²) in [5.41, 5.74) is 5.77. The molecule has 6 nitrogen and oxygen atoms in total. The number of aromatic nitrogens is 1. The number of aliphatic carboxylic acids is 1. The smallest absolute Gasteiger partial charge is 0.490 e. The monoisotopic (exact) mass is 336 g/mol. The molecule has 0 atom stereocenters. The van der Waals surface area contributed by atoms with E-state index in [-0.39, 0.29) is 22.2 Å². The van der Waals surface area contributed by atoms with Gasteiger partial charge in [-0.05, 0) is 19.0 Å². The average molecular weight is 336 g/mol. The molecular formula is C13H12F4N2O4. The van der Waals surface area contributed by atoms with Crippen molar-refractivity contribution < 1.29 is 32.6 Å². The van der Waals surface area contributed by atoms with Gasteiger partial charge in [-0.15, -0.1) is 0 Å². The number of nitrogens with one attached hydrogen (secondary N) is 1. The van der Waals surface area contributed by atoms with Gasteiger partial charge in [0.25, 0.3) is 5.56 Å². The Hall–Kier alpha value is -2.62. The van der Waals surface area contributed by atoms with E-state index in [0.717, 1.165) is 6.07 Å². The van der Waals surface area contributed by atoms with Crippen LogP contribution in [0.25, 0.3) is 10.9 Å². The highest BCUT2D eigenvalue weighted by molar-refractivity contribution is 5.81. The van der Waals surface area contributed by atoms with Crippen LogP contribution < -0.4 is 11.3 Å². The van der Waals surface area contributed by atoms with E-state index in [9.17, 15) is 27.5 Å². The van der Waals surface area contributed by atoms with E-state index >= 15 is 0 Å². The zero-order valence-electron chi connectivity index (χ0n) is 11.4. The van der Waals surface area contributed by atoms with Crippen LogP contribution in [0.2, 0.25) is 0 Å². The van der Waals surface area contributed by atoms with Crippen molar-refractivity contribution in [1.82, 2.24) is 4.98 Å². The summed E-state index contributed by atoms with van der Waals surface area (Å²) in [7, 11) is 0. The Labute approximate surface area is 126 Å². The largest absolute Gasteiger partial charge is 0.508 e. The van der Waals surface area contributed by atoms with E-state index < -0.39 is 18.0 Å². The molecule has 0 aliphatic heterocycles. The SMILES string of the molecule is NCCc1cc2c(F)cc(O)cc2[nH]c1=O.O=C(O)C(F)(F)F. The fourth-order valence-electron chi connectivity index (χ4n) is 1.64. The van der Waals surface area contributed by atoms with Gasteiger partial charge in [0, 0.05) is 23.1 Å². The van der Waals surface area contributed by atoms with E-state index in [0.29, 0.717) is 18.5 Å². The molecule has 0 aliphatic rings. The molecule has 0 bridgehead atoms.